The summed E-state index contributed by atoms with van der Waals surface area (Å²) in [7, 11) is 0. The molecule has 4 nitrogen and oxygen atoms in total. The fourth-order valence-corrected chi connectivity index (χ4v) is 1.89. The third-order valence-electron chi connectivity index (χ3n) is 2.89. The standard InChI is InChI=1S/C16H19N3O/c1-14-5-2-6-15(13-14)7-8-16(20)17-9-3-11-19-12-4-10-18-19/h2,4-8,10,12-13H,3,9,11H2,1H3,(H,17,20). The van der Waals surface area contributed by atoms with Crippen LogP contribution in [0.15, 0.2) is 48.8 Å². The highest BCUT2D eigenvalue weighted by atomic mass is 16.1. The monoisotopic (exact) mass is 269 g/mol. The molecule has 0 saturated heterocycles. The maximum atomic E-state index is 11.6. The van der Waals surface area contributed by atoms with Gasteiger partial charge in [-0.1, -0.05) is 29.8 Å². The maximum Gasteiger partial charge on any atom is 0.244 e. The first-order valence-corrected chi connectivity index (χ1v) is 6.74. The molecule has 1 N–H and O–H groups in total. The van der Waals surface area contributed by atoms with Crippen LogP contribution in [0.1, 0.15) is 17.5 Å². The van der Waals surface area contributed by atoms with Crippen LogP contribution in [0, 0.1) is 6.92 Å². The summed E-state index contributed by atoms with van der Waals surface area (Å²) in [5.41, 5.74) is 2.23. The lowest BCUT2D eigenvalue weighted by Crippen LogP contribution is -2.23. The highest BCUT2D eigenvalue weighted by Crippen LogP contribution is 2.05. The van der Waals surface area contributed by atoms with Crippen LogP contribution in [0.3, 0.4) is 0 Å². The predicted molar refractivity (Wildman–Crippen MR) is 80.1 cm³/mol. The van der Waals surface area contributed by atoms with Gasteiger partial charge in [0, 0.05) is 31.6 Å². The van der Waals surface area contributed by atoms with E-state index in [-0.39, 0.29) is 5.91 Å². The zero-order valence-corrected chi connectivity index (χ0v) is 11.6. The minimum atomic E-state index is -0.0630. The fourth-order valence-electron chi connectivity index (χ4n) is 1.89. The summed E-state index contributed by atoms with van der Waals surface area (Å²) in [4.78, 5) is 11.6. The minimum Gasteiger partial charge on any atom is -0.352 e. The summed E-state index contributed by atoms with van der Waals surface area (Å²) < 4.78 is 1.86. The third kappa shape index (κ3) is 4.72. The first kappa shape index (κ1) is 14.1. The lowest BCUT2D eigenvalue weighted by atomic mass is 10.1. The van der Waals surface area contributed by atoms with Gasteiger partial charge in [-0.15, -0.1) is 0 Å². The molecule has 0 atom stereocenters. The molecule has 0 spiro atoms. The van der Waals surface area contributed by atoms with Crippen LogP contribution in [0.2, 0.25) is 0 Å². The van der Waals surface area contributed by atoms with Gasteiger partial charge in [-0.3, -0.25) is 9.48 Å². The Bertz CT molecular complexity index is 573. The topological polar surface area (TPSA) is 46.9 Å². The minimum absolute atomic E-state index is 0.0630. The van der Waals surface area contributed by atoms with Crippen molar-refractivity contribution < 1.29 is 4.79 Å². The molecule has 1 amide bonds. The van der Waals surface area contributed by atoms with E-state index in [1.54, 1.807) is 12.3 Å². The zero-order chi connectivity index (χ0) is 14.2. The van der Waals surface area contributed by atoms with Crippen LogP contribution < -0.4 is 5.32 Å². The molecular weight excluding hydrogens is 250 g/mol. The number of nitrogens with zero attached hydrogens (tertiary/aromatic N) is 2. The van der Waals surface area contributed by atoms with Gasteiger partial charge in [0.15, 0.2) is 0 Å². The van der Waals surface area contributed by atoms with Gasteiger partial charge < -0.3 is 5.32 Å². The van der Waals surface area contributed by atoms with Crippen LogP contribution in [-0.2, 0) is 11.3 Å². The largest absolute Gasteiger partial charge is 0.352 e. The van der Waals surface area contributed by atoms with Crippen molar-refractivity contribution in [2.75, 3.05) is 6.54 Å². The molecule has 0 aliphatic carbocycles. The Morgan fingerprint density at radius 1 is 1.40 bits per heavy atom. The molecule has 0 radical (unpaired) electrons. The smallest absolute Gasteiger partial charge is 0.244 e. The molecule has 1 aromatic carbocycles. The summed E-state index contributed by atoms with van der Waals surface area (Å²) in [5.74, 6) is -0.0630. The Labute approximate surface area is 119 Å². The molecular formula is C16H19N3O. The number of nitrogens with one attached hydrogen (secondary N) is 1. The van der Waals surface area contributed by atoms with Crippen LogP contribution in [0.4, 0.5) is 0 Å². The van der Waals surface area contributed by atoms with E-state index >= 15 is 0 Å². The van der Waals surface area contributed by atoms with Crippen molar-refractivity contribution in [1.29, 1.82) is 0 Å². The van der Waals surface area contributed by atoms with Crippen molar-refractivity contribution in [3.63, 3.8) is 0 Å². The van der Waals surface area contributed by atoms with E-state index in [4.69, 9.17) is 0 Å². The Morgan fingerprint density at radius 2 is 2.30 bits per heavy atom. The molecule has 0 aliphatic heterocycles. The lowest BCUT2D eigenvalue weighted by molar-refractivity contribution is -0.116. The third-order valence-corrected chi connectivity index (χ3v) is 2.89. The van der Waals surface area contributed by atoms with E-state index in [9.17, 15) is 4.79 Å². The number of benzene rings is 1. The van der Waals surface area contributed by atoms with Gasteiger partial charge >= 0.3 is 0 Å². The van der Waals surface area contributed by atoms with Gasteiger partial charge in [-0.05, 0) is 31.1 Å². The summed E-state index contributed by atoms with van der Waals surface area (Å²) in [6.45, 7) is 3.50. The Morgan fingerprint density at radius 3 is 3.05 bits per heavy atom. The van der Waals surface area contributed by atoms with Crippen molar-refractivity contribution in [1.82, 2.24) is 15.1 Å². The number of aryl methyl sites for hydroxylation is 2. The number of rotatable bonds is 6. The van der Waals surface area contributed by atoms with Crippen molar-refractivity contribution >= 4 is 12.0 Å². The van der Waals surface area contributed by atoms with E-state index in [1.807, 2.05) is 54.2 Å². The van der Waals surface area contributed by atoms with Gasteiger partial charge in [0.05, 0.1) is 0 Å². The summed E-state index contributed by atoms with van der Waals surface area (Å²) in [6, 6.07) is 9.93. The Kier molecular flexibility index (Phi) is 5.12. The van der Waals surface area contributed by atoms with Crippen LogP contribution in [0.25, 0.3) is 6.08 Å². The lowest BCUT2D eigenvalue weighted by Gasteiger charge is -2.02. The van der Waals surface area contributed by atoms with Crippen LogP contribution in [0.5, 0.6) is 0 Å². The molecule has 1 heterocycles. The molecule has 0 saturated carbocycles. The van der Waals surface area contributed by atoms with Crippen LogP contribution in [-0.4, -0.2) is 22.2 Å². The highest BCUT2D eigenvalue weighted by molar-refractivity contribution is 5.91. The molecule has 104 valence electrons. The number of carbonyl (C=O) groups excluding carboxylic acids is 1. The molecule has 0 aliphatic rings. The van der Waals surface area contributed by atoms with Crippen molar-refractivity contribution in [2.24, 2.45) is 0 Å². The molecule has 20 heavy (non-hydrogen) atoms. The quantitative estimate of drug-likeness (QED) is 0.646. The van der Waals surface area contributed by atoms with Gasteiger partial charge in [0.2, 0.25) is 5.91 Å². The highest BCUT2D eigenvalue weighted by Gasteiger charge is 1.96. The number of hydrogen-bond acceptors (Lipinski definition) is 2. The van der Waals surface area contributed by atoms with Gasteiger partial charge in [-0.2, -0.15) is 5.10 Å². The maximum absolute atomic E-state index is 11.6. The molecule has 0 unspecified atom stereocenters. The fraction of sp³-hybridized carbons (Fsp3) is 0.250. The first-order chi connectivity index (χ1) is 9.74. The normalized spacial score (nSPS) is 10.8. The van der Waals surface area contributed by atoms with Gasteiger partial charge in [-0.25, -0.2) is 0 Å². The number of hydrogen-bond donors (Lipinski definition) is 1. The average Bonchev–Trinajstić information content (AvgIpc) is 2.95. The molecule has 0 bridgehead atoms. The van der Waals surface area contributed by atoms with Gasteiger partial charge in [0.25, 0.3) is 0 Å². The molecule has 1 aromatic heterocycles. The Balaban J connectivity index is 1.70. The first-order valence-electron chi connectivity index (χ1n) is 6.74. The van der Waals surface area contributed by atoms with E-state index in [2.05, 4.69) is 10.4 Å². The predicted octanol–water partition coefficient (Wildman–Crippen LogP) is 2.41. The number of carbonyl (C=O) groups is 1. The summed E-state index contributed by atoms with van der Waals surface area (Å²) in [5, 5.41) is 6.97. The number of amides is 1. The SMILES string of the molecule is Cc1cccc(C=CC(=O)NCCCn2cccn2)c1. The van der Waals surface area contributed by atoms with Crippen LogP contribution >= 0.6 is 0 Å². The van der Waals surface area contributed by atoms with E-state index in [1.165, 1.54) is 5.56 Å². The molecule has 0 fully saturated rings. The summed E-state index contributed by atoms with van der Waals surface area (Å²) in [6.07, 6.45) is 7.94. The average molecular weight is 269 g/mol. The van der Waals surface area contributed by atoms with Crippen molar-refractivity contribution in [3.8, 4) is 0 Å². The second-order valence-electron chi connectivity index (χ2n) is 4.66. The summed E-state index contributed by atoms with van der Waals surface area (Å²) >= 11 is 0. The second kappa shape index (κ2) is 7.28. The van der Waals surface area contributed by atoms with Crippen molar-refractivity contribution in [2.45, 2.75) is 19.9 Å². The zero-order valence-electron chi connectivity index (χ0n) is 11.6. The van der Waals surface area contributed by atoms with Crippen molar-refractivity contribution in [3.05, 3.63) is 59.9 Å². The molecule has 4 heteroatoms. The van der Waals surface area contributed by atoms with E-state index < -0.39 is 0 Å². The molecule has 2 aromatic rings. The van der Waals surface area contributed by atoms with Gasteiger partial charge in [0.1, 0.15) is 0 Å². The molecule has 2 rings (SSSR count). The second-order valence-corrected chi connectivity index (χ2v) is 4.66. The Hall–Kier alpha value is -2.36. The van der Waals surface area contributed by atoms with E-state index in [0.29, 0.717) is 6.54 Å². The number of aromatic nitrogens is 2. The van der Waals surface area contributed by atoms with E-state index in [0.717, 1.165) is 18.5 Å².